The molecule has 0 aromatic carbocycles. The quantitative estimate of drug-likeness (QED) is 0.495. The van der Waals surface area contributed by atoms with Crippen LogP contribution in [0.3, 0.4) is 0 Å². The van der Waals surface area contributed by atoms with Crippen molar-refractivity contribution in [3.63, 3.8) is 0 Å². The highest BCUT2D eigenvalue weighted by molar-refractivity contribution is 5.78. The average Bonchev–Trinajstić information content (AvgIpc) is 1.99. The van der Waals surface area contributed by atoms with Crippen molar-refractivity contribution in [2.24, 2.45) is 5.73 Å². The number of amides is 1. The normalized spacial score (nSPS) is 12.2. The number of carboxylic acids is 1. The molecule has 0 spiro atoms. The van der Waals surface area contributed by atoms with Crippen LogP contribution in [0, 0.1) is 7.05 Å². The molecule has 0 rings (SSSR count). The molecular weight excluding hydrogens is 148 g/mol. The zero-order valence-corrected chi connectivity index (χ0v) is 6.04. The van der Waals surface area contributed by atoms with Crippen molar-refractivity contribution in [3.8, 4) is 0 Å². The summed E-state index contributed by atoms with van der Waals surface area (Å²) in [7, 11) is 3.12. The van der Waals surface area contributed by atoms with Gasteiger partial charge < -0.3 is 16.2 Å². The van der Waals surface area contributed by atoms with E-state index >= 15 is 0 Å². The Bertz CT molecular complexity index is 158. The second kappa shape index (κ2) is 4.68. The number of aliphatic carboxylic acids is 1. The van der Waals surface area contributed by atoms with Crippen molar-refractivity contribution in [3.05, 3.63) is 7.05 Å². The zero-order valence-electron chi connectivity index (χ0n) is 6.04. The first-order valence-electron chi connectivity index (χ1n) is 3.12. The fraction of sp³-hybridized carbons (Fsp3) is 0.500. The SMILES string of the molecule is [CH2]NC(=O)CCC(N)C(=O)O. The highest BCUT2D eigenvalue weighted by Crippen LogP contribution is 1.93. The molecule has 1 amide bonds. The van der Waals surface area contributed by atoms with E-state index in [1.54, 1.807) is 0 Å². The Hall–Kier alpha value is -1.10. The Labute approximate surface area is 64.6 Å². The predicted octanol–water partition coefficient (Wildman–Crippen LogP) is -0.914. The molecule has 63 valence electrons. The van der Waals surface area contributed by atoms with Gasteiger partial charge in [-0.2, -0.15) is 0 Å². The lowest BCUT2D eigenvalue weighted by molar-refractivity contribution is -0.138. The van der Waals surface area contributed by atoms with Crippen LogP contribution in [0.1, 0.15) is 12.8 Å². The van der Waals surface area contributed by atoms with E-state index in [0.29, 0.717) is 0 Å². The summed E-state index contributed by atoms with van der Waals surface area (Å²) in [4.78, 5) is 20.6. The first-order chi connectivity index (χ1) is 5.07. The number of rotatable bonds is 4. The minimum absolute atomic E-state index is 0.0942. The third-order valence-corrected chi connectivity index (χ3v) is 1.20. The number of carbonyl (C=O) groups excluding carboxylic acids is 1. The van der Waals surface area contributed by atoms with E-state index in [2.05, 4.69) is 12.4 Å². The van der Waals surface area contributed by atoms with Crippen LogP contribution in [-0.4, -0.2) is 23.0 Å². The van der Waals surface area contributed by atoms with E-state index in [0.717, 1.165) is 0 Å². The molecule has 4 N–H and O–H groups in total. The number of nitrogens with one attached hydrogen (secondary N) is 1. The molecule has 0 bridgehead atoms. The Morgan fingerprint density at radius 1 is 1.64 bits per heavy atom. The third-order valence-electron chi connectivity index (χ3n) is 1.20. The van der Waals surface area contributed by atoms with Gasteiger partial charge in [0.05, 0.1) is 0 Å². The van der Waals surface area contributed by atoms with Gasteiger partial charge >= 0.3 is 5.97 Å². The first-order valence-corrected chi connectivity index (χ1v) is 3.12. The molecule has 0 saturated heterocycles. The van der Waals surface area contributed by atoms with Gasteiger partial charge in [-0.25, -0.2) is 0 Å². The molecule has 0 aromatic heterocycles. The number of carboxylic acid groups (broad SMARTS) is 1. The van der Waals surface area contributed by atoms with Gasteiger partial charge in [0.25, 0.3) is 0 Å². The smallest absolute Gasteiger partial charge is 0.320 e. The van der Waals surface area contributed by atoms with Gasteiger partial charge in [0, 0.05) is 13.5 Å². The summed E-state index contributed by atoms with van der Waals surface area (Å²) in [6.45, 7) is 0. The van der Waals surface area contributed by atoms with Gasteiger partial charge in [-0.3, -0.25) is 9.59 Å². The zero-order chi connectivity index (χ0) is 8.85. The van der Waals surface area contributed by atoms with Gasteiger partial charge in [-0.05, 0) is 6.42 Å². The molecule has 5 nitrogen and oxygen atoms in total. The number of hydrogen-bond donors (Lipinski definition) is 3. The maximum atomic E-state index is 10.5. The second-order valence-electron chi connectivity index (χ2n) is 2.08. The topological polar surface area (TPSA) is 92.4 Å². The molecule has 0 aliphatic carbocycles. The highest BCUT2D eigenvalue weighted by atomic mass is 16.4. The van der Waals surface area contributed by atoms with E-state index in [1.165, 1.54) is 0 Å². The number of hydrogen-bond acceptors (Lipinski definition) is 3. The molecule has 1 radical (unpaired) electrons. The molecule has 11 heavy (non-hydrogen) atoms. The monoisotopic (exact) mass is 159 g/mol. The van der Waals surface area contributed by atoms with E-state index in [9.17, 15) is 9.59 Å². The van der Waals surface area contributed by atoms with Crippen LogP contribution in [0.5, 0.6) is 0 Å². The van der Waals surface area contributed by atoms with Crippen LogP contribution in [0.4, 0.5) is 0 Å². The fourth-order valence-corrected chi connectivity index (χ4v) is 0.498. The molecule has 0 fully saturated rings. The number of nitrogens with two attached hydrogens (primary N) is 1. The lowest BCUT2D eigenvalue weighted by atomic mass is 10.1. The summed E-state index contributed by atoms with van der Waals surface area (Å²) >= 11 is 0. The average molecular weight is 159 g/mol. The minimum Gasteiger partial charge on any atom is -0.480 e. The second-order valence-corrected chi connectivity index (χ2v) is 2.08. The van der Waals surface area contributed by atoms with Crippen molar-refractivity contribution in [1.82, 2.24) is 5.32 Å². The van der Waals surface area contributed by atoms with Gasteiger partial charge in [0.2, 0.25) is 5.91 Å². The minimum atomic E-state index is -1.10. The van der Waals surface area contributed by atoms with Gasteiger partial charge in [0.1, 0.15) is 6.04 Å². The lowest BCUT2D eigenvalue weighted by Gasteiger charge is -2.03. The van der Waals surface area contributed by atoms with Crippen LogP contribution in [0.2, 0.25) is 0 Å². The van der Waals surface area contributed by atoms with Crippen molar-refractivity contribution in [1.29, 1.82) is 0 Å². The Balaban J connectivity index is 3.54. The summed E-state index contributed by atoms with van der Waals surface area (Å²) < 4.78 is 0. The highest BCUT2D eigenvalue weighted by Gasteiger charge is 2.12. The maximum Gasteiger partial charge on any atom is 0.320 e. The summed E-state index contributed by atoms with van der Waals surface area (Å²) in [6.07, 6.45) is 0.230. The molecular formula is C6H11N2O3. The fourth-order valence-electron chi connectivity index (χ4n) is 0.498. The van der Waals surface area contributed by atoms with Gasteiger partial charge in [-0.1, -0.05) is 0 Å². The van der Waals surface area contributed by atoms with Gasteiger partial charge in [-0.15, -0.1) is 0 Å². The molecule has 0 aromatic rings. The standard InChI is InChI=1S/C6H11N2O3/c1-8-5(9)3-2-4(7)6(10)11/h4H,1-3,7H2,(H,8,9)(H,10,11). The predicted molar refractivity (Wildman–Crippen MR) is 38.3 cm³/mol. The maximum absolute atomic E-state index is 10.5. The summed E-state index contributed by atoms with van der Waals surface area (Å²) in [5, 5.41) is 10.4. The first kappa shape index (κ1) is 9.90. The van der Waals surface area contributed by atoms with Crippen LogP contribution >= 0.6 is 0 Å². The third kappa shape index (κ3) is 4.32. The molecule has 1 atom stereocenters. The van der Waals surface area contributed by atoms with E-state index in [1.807, 2.05) is 0 Å². The molecule has 5 heteroatoms. The molecule has 0 saturated carbocycles. The van der Waals surface area contributed by atoms with Crippen LogP contribution < -0.4 is 11.1 Å². The van der Waals surface area contributed by atoms with Crippen molar-refractivity contribution >= 4 is 11.9 Å². The Morgan fingerprint density at radius 2 is 2.18 bits per heavy atom. The molecule has 0 heterocycles. The molecule has 0 aliphatic rings. The van der Waals surface area contributed by atoms with Crippen molar-refractivity contribution in [2.45, 2.75) is 18.9 Å². The van der Waals surface area contributed by atoms with Crippen LogP contribution in [0.25, 0.3) is 0 Å². The Morgan fingerprint density at radius 3 is 2.55 bits per heavy atom. The van der Waals surface area contributed by atoms with Crippen molar-refractivity contribution in [2.75, 3.05) is 0 Å². The largest absolute Gasteiger partial charge is 0.480 e. The van der Waals surface area contributed by atoms with E-state index < -0.39 is 12.0 Å². The summed E-state index contributed by atoms with van der Waals surface area (Å²) in [6, 6.07) is -0.965. The van der Waals surface area contributed by atoms with E-state index in [4.69, 9.17) is 10.8 Å². The van der Waals surface area contributed by atoms with Gasteiger partial charge in [0.15, 0.2) is 0 Å². The molecule has 0 aliphatic heterocycles. The Kier molecular flexibility index (Phi) is 4.21. The molecule has 1 unspecified atom stereocenters. The van der Waals surface area contributed by atoms with E-state index in [-0.39, 0.29) is 18.7 Å². The lowest BCUT2D eigenvalue weighted by Crippen LogP contribution is -2.31. The summed E-state index contributed by atoms with van der Waals surface area (Å²) in [5.41, 5.74) is 5.12. The number of carbonyl (C=O) groups is 2. The van der Waals surface area contributed by atoms with Crippen LogP contribution in [-0.2, 0) is 9.59 Å². The van der Waals surface area contributed by atoms with Crippen LogP contribution in [0.15, 0.2) is 0 Å². The van der Waals surface area contributed by atoms with Crippen molar-refractivity contribution < 1.29 is 14.7 Å². The summed E-state index contributed by atoms with van der Waals surface area (Å²) in [5.74, 6) is -1.40.